The van der Waals surface area contributed by atoms with Crippen LogP contribution < -0.4 is 0 Å². The molecule has 0 rings (SSSR count). The number of aliphatic hydroxyl groups is 1. The molecule has 0 spiro atoms. The highest BCUT2D eigenvalue weighted by atomic mass is 16.6. The van der Waals surface area contributed by atoms with Crippen LogP contribution in [-0.4, -0.2) is 63.3 Å². The normalized spacial score (nSPS) is 11.2. The SMILES string of the molecule is CCOC(=O)C(C)(CCOCCOCCO)C(=O)OCC. The highest BCUT2D eigenvalue weighted by Crippen LogP contribution is 2.25. The monoisotopic (exact) mass is 306 g/mol. The lowest BCUT2D eigenvalue weighted by molar-refractivity contribution is -0.172. The predicted octanol–water partition coefficient (Wildman–Crippen LogP) is 0.535. The summed E-state index contributed by atoms with van der Waals surface area (Å²) in [6.45, 7) is 6.34. The summed E-state index contributed by atoms with van der Waals surface area (Å²) in [5, 5.41) is 8.53. The van der Waals surface area contributed by atoms with E-state index in [1.165, 1.54) is 6.92 Å². The first kappa shape index (κ1) is 19.8. The molecule has 0 radical (unpaired) electrons. The van der Waals surface area contributed by atoms with Crippen molar-refractivity contribution in [2.75, 3.05) is 46.2 Å². The van der Waals surface area contributed by atoms with E-state index in [9.17, 15) is 9.59 Å². The molecule has 0 aromatic rings. The highest BCUT2D eigenvalue weighted by molar-refractivity contribution is 5.99. The maximum atomic E-state index is 12.0. The van der Waals surface area contributed by atoms with Gasteiger partial charge in [0.1, 0.15) is 0 Å². The van der Waals surface area contributed by atoms with E-state index in [-0.39, 0.29) is 39.5 Å². The Morgan fingerprint density at radius 3 is 1.81 bits per heavy atom. The Balaban J connectivity index is 4.29. The molecular formula is C14H26O7. The summed E-state index contributed by atoms with van der Waals surface area (Å²) in [7, 11) is 0. The van der Waals surface area contributed by atoms with Crippen molar-refractivity contribution in [3.63, 3.8) is 0 Å². The van der Waals surface area contributed by atoms with Crippen LogP contribution in [-0.2, 0) is 28.5 Å². The number of esters is 2. The quantitative estimate of drug-likeness (QED) is 0.319. The summed E-state index contributed by atoms with van der Waals surface area (Å²) < 4.78 is 20.2. The minimum atomic E-state index is -1.36. The average Bonchev–Trinajstić information content (AvgIpc) is 2.46. The molecule has 0 saturated heterocycles. The summed E-state index contributed by atoms with van der Waals surface area (Å²) in [4.78, 5) is 23.9. The van der Waals surface area contributed by atoms with Crippen molar-refractivity contribution in [3.05, 3.63) is 0 Å². The summed E-state index contributed by atoms with van der Waals surface area (Å²) in [5.41, 5.74) is -1.36. The lowest BCUT2D eigenvalue weighted by atomic mass is 9.87. The Bertz CT molecular complexity index is 286. The van der Waals surface area contributed by atoms with Crippen molar-refractivity contribution < 1.29 is 33.6 Å². The molecule has 21 heavy (non-hydrogen) atoms. The van der Waals surface area contributed by atoms with Crippen LogP contribution in [0, 0.1) is 5.41 Å². The summed E-state index contributed by atoms with van der Waals surface area (Å²) >= 11 is 0. The summed E-state index contributed by atoms with van der Waals surface area (Å²) in [6.07, 6.45) is 0.171. The van der Waals surface area contributed by atoms with E-state index in [0.29, 0.717) is 13.2 Å². The van der Waals surface area contributed by atoms with Crippen molar-refractivity contribution >= 4 is 11.9 Å². The zero-order valence-electron chi connectivity index (χ0n) is 13.1. The molecule has 0 amide bonds. The van der Waals surface area contributed by atoms with E-state index in [2.05, 4.69) is 0 Å². The van der Waals surface area contributed by atoms with Crippen LogP contribution in [0.15, 0.2) is 0 Å². The fourth-order valence-electron chi connectivity index (χ4n) is 1.53. The van der Waals surface area contributed by atoms with Crippen LogP contribution in [0.1, 0.15) is 27.2 Å². The van der Waals surface area contributed by atoms with E-state index in [1.807, 2.05) is 0 Å². The molecule has 124 valence electrons. The van der Waals surface area contributed by atoms with Gasteiger partial charge in [-0.15, -0.1) is 0 Å². The maximum Gasteiger partial charge on any atom is 0.323 e. The molecule has 0 aromatic heterocycles. The number of carbonyl (C=O) groups excluding carboxylic acids is 2. The number of carbonyl (C=O) groups is 2. The van der Waals surface area contributed by atoms with Gasteiger partial charge in [0.15, 0.2) is 5.41 Å². The molecule has 7 nitrogen and oxygen atoms in total. The minimum absolute atomic E-state index is 0.0379. The molecule has 7 heteroatoms. The maximum absolute atomic E-state index is 12.0. The summed E-state index contributed by atoms with van der Waals surface area (Å²) in [5.74, 6) is -1.22. The van der Waals surface area contributed by atoms with Crippen molar-refractivity contribution in [1.29, 1.82) is 0 Å². The zero-order chi connectivity index (χ0) is 16.1. The van der Waals surface area contributed by atoms with Crippen LogP contribution in [0.4, 0.5) is 0 Å². The molecule has 0 unspecified atom stereocenters. The van der Waals surface area contributed by atoms with E-state index < -0.39 is 17.4 Å². The predicted molar refractivity (Wildman–Crippen MR) is 74.7 cm³/mol. The standard InChI is InChI=1S/C14H26O7/c1-4-20-12(16)14(3,13(17)21-5-2)6-8-18-10-11-19-9-7-15/h15H,4-11H2,1-3H3. The van der Waals surface area contributed by atoms with Gasteiger partial charge in [-0.05, 0) is 27.2 Å². The zero-order valence-corrected chi connectivity index (χ0v) is 13.1. The number of hydrogen-bond donors (Lipinski definition) is 1. The van der Waals surface area contributed by atoms with Crippen LogP contribution in [0.3, 0.4) is 0 Å². The topological polar surface area (TPSA) is 91.3 Å². The fourth-order valence-corrected chi connectivity index (χ4v) is 1.53. The molecule has 0 bridgehead atoms. The van der Waals surface area contributed by atoms with Crippen molar-refractivity contribution in [2.45, 2.75) is 27.2 Å². The van der Waals surface area contributed by atoms with Crippen LogP contribution >= 0.6 is 0 Å². The van der Waals surface area contributed by atoms with Crippen LogP contribution in [0.5, 0.6) is 0 Å². The van der Waals surface area contributed by atoms with Gasteiger partial charge < -0.3 is 24.1 Å². The van der Waals surface area contributed by atoms with Gasteiger partial charge in [0, 0.05) is 6.61 Å². The Morgan fingerprint density at radius 1 is 0.905 bits per heavy atom. The largest absolute Gasteiger partial charge is 0.465 e. The van der Waals surface area contributed by atoms with Gasteiger partial charge >= 0.3 is 11.9 Å². The Kier molecular flexibility index (Phi) is 10.8. The molecule has 0 heterocycles. The molecule has 0 atom stereocenters. The molecule has 0 fully saturated rings. The number of aliphatic hydroxyl groups excluding tert-OH is 1. The summed E-state index contributed by atoms with van der Waals surface area (Å²) in [6, 6.07) is 0. The molecule has 0 saturated carbocycles. The first-order valence-electron chi connectivity index (χ1n) is 7.13. The third kappa shape index (κ3) is 7.40. The third-order valence-corrected chi connectivity index (χ3v) is 2.81. The number of ether oxygens (including phenoxy) is 4. The van der Waals surface area contributed by atoms with Gasteiger partial charge in [-0.2, -0.15) is 0 Å². The van der Waals surface area contributed by atoms with E-state index in [0.717, 1.165) is 0 Å². The molecule has 0 aliphatic rings. The second-order valence-corrected chi connectivity index (χ2v) is 4.47. The van der Waals surface area contributed by atoms with Crippen LogP contribution in [0.2, 0.25) is 0 Å². The second-order valence-electron chi connectivity index (χ2n) is 4.47. The first-order chi connectivity index (χ1) is 10.0. The van der Waals surface area contributed by atoms with Crippen molar-refractivity contribution in [3.8, 4) is 0 Å². The smallest absolute Gasteiger partial charge is 0.323 e. The van der Waals surface area contributed by atoms with Gasteiger partial charge in [-0.3, -0.25) is 9.59 Å². The lowest BCUT2D eigenvalue weighted by Gasteiger charge is -2.24. The fraction of sp³-hybridized carbons (Fsp3) is 0.857. The average molecular weight is 306 g/mol. The van der Waals surface area contributed by atoms with E-state index in [1.54, 1.807) is 13.8 Å². The van der Waals surface area contributed by atoms with Gasteiger partial charge in [0.05, 0.1) is 39.6 Å². The van der Waals surface area contributed by atoms with Gasteiger partial charge in [-0.1, -0.05) is 0 Å². The third-order valence-electron chi connectivity index (χ3n) is 2.81. The molecule has 0 aliphatic heterocycles. The molecule has 1 N–H and O–H groups in total. The Labute approximate surface area is 125 Å². The van der Waals surface area contributed by atoms with Crippen molar-refractivity contribution in [2.24, 2.45) is 5.41 Å². The highest BCUT2D eigenvalue weighted by Gasteiger charge is 2.43. The van der Waals surface area contributed by atoms with Gasteiger partial charge in [0.2, 0.25) is 0 Å². The molecular weight excluding hydrogens is 280 g/mol. The minimum Gasteiger partial charge on any atom is -0.465 e. The molecule has 0 aromatic carbocycles. The Morgan fingerprint density at radius 2 is 1.38 bits per heavy atom. The van der Waals surface area contributed by atoms with Gasteiger partial charge in [0.25, 0.3) is 0 Å². The van der Waals surface area contributed by atoms with Crippen molar-refractivity contribution in [1.82, 2.24) is 0 Å². The molecule has 0 aliphatic carbocycles. The van der Waals surface area contributed by atoms with Crippen LogP contribution in [0.25, 0.3) is 0 Å². The van der Waals surface area contributed by atoms with E-state index >= 15 is 0 Å². The second kappa shape index (κ2) is 11.5. The van der Waals surface area contributed by atoms with Gasteiger partial charge in [-0.25, -0.2) is 0 Å². The number of hydrogen-bond acceptors (Lipinski definition) is 7. The number of rotatable bonds is 12. The van der Waals surface area contributed by atoms with E-state index in [4.69, 9.17) is 24.1 Å². The first-order valence-corrected chi connectivity index (χ1v) is 7.13. The Hall–Kier alpha value is -1.18. The lowest BCUT2D eigenvalue weighted by Crippen LogP contribution is -2.40.